The van der Waals surface area contributed by atoms with E-state index in [0.717, 1.165) is 12.3 Å². The second-order valence-corrected chi connectivity index (χ2v) is 7.15. The number of hydrogen-bond donors (Lipinski definition) is 1. The van der Waals surface area contributed by atoms with Crippen LogP contribution in [0.4, 0.5) is 0 Å². The van der Waals surface area contributed by atoms with E-state index in [0.29, 0.717) is 25.2 Å². The highest BCUT2D eigenvalue weighted by Gasteiger charge is 2.32. The van der Waals surface area contributed by atoms with Crippen LogP contribution in [0.2, 0.25) is 0 Å². The fraction of sp³-hybridized carbons (Fsp3) is 0.824. The predicted molar refractivity (Wildman–Crippen MR) is 86.7 cm³/mol. The summed E-state index contributed by atoms with van der Waals surface area (Å²) in [7, 11) is 0. The Morgan fingerprint density at radius 3 is 2.74 bits per heavy atom. The SMILES string of the molecule is CC(O)c1cn(C2CN(C(=O)CCCC3CCCCC3)C2)nn1. The standard InChI is InChI=1S/C17H28N4O2/c1-13(22)16-12-21(19-18-16)15-10-20(11-15)17(23)9-5-8-14-6-3-2-4-7-14/h12-15,22H,2-11H2,1H3. The summed E-state index contributed by atoms with van der Waals surface area (Å²) in [6.45, 7) is 3.10. The van der Waals surface area contributed by atoms with Gasteiger partial charge in [0.2, 0.25) is 5.91 Å². The zero-order valence-corrected chi connectivity index (χ0v) is 14.0. The Balaban J connectivity index is 1.35. The maximum Gasteiger partial charge on any atom is 0.222 e. The maximum atomic E-state index is 12.2. The van der Waals surface area contributed by atoms with E-state index in [1.165, 1.54) is 38.5 Å². The molecule has 0 bridgehead atoms. The highest BCUT2D eigenvalue weighted by atomic mass is 16.3. The first-order valence-electron chi connectivity index (χ1n) is 9.01. The van der Waals surface area contributed by atoms with E-state index in [1.54, 1.807) is 17.8 Å². The van der Waals surface area contributed by atoms with Crippen molar-refractivity contribution in [1.82, 2.24) is 19.9 Å². The fourth-order valence-corrected chi connectivity index (χ4v) is 3.66. The van der Waals surface area contributed by atoms with E-state index >= 15 is 0 Å². The van der Waals surface area contributed by atoms with Crippen LogP contribution in [0.5, 0.6) is 0 Å². The van der Waals surface area contributed by atoms with Gasteiger partial charge in [-0.3, -0.25) is 4.79 Å². The van der Waals surface area contributed by atoms with Gasteiger partial charge < -0.3 is 10.0 Å². The molecule has 1 saturated heterocycles. The van der Waals surface area contributed by atoms with Crippen molar-refractivity contribution in [3.63, 3.8) is 0 Å². The molecule has 1 unspecified atom stereocenters. The number of nitrogens with zero attached hydrogens (tertiary/aromatic N) is 4. The predicted octanol–water partition coefficient (Wildman–Crippen LogP) is 2.47. The summed E-state index contributed by atoms with van der Waals surface area (Å²) >= 11 is 0. The van der Waals surface area contributed by atoms with E-state index < -0.39 is 6.10 Å². The zero-order chi connectivity index (χ0) is 16.2. The maximum absolute atomic E-state index is 12.2. The molecule has 0 radical (unpaired) electrons. The summed E-state index contributed by atoms with van der Waals surface area (Å²) in [4.78, 5) is 14.1. The third-order valence-electron chi connectivity index (χ3n) is 5.27. The molecular formula is C17H28N4O2. The summed E-state index contributed by atoms with van der Waals surface area (Å²) in [5, 5.41) is 17.5. The molecule has 128 valence electrons. The van der Waals surface area contributed by atoms with Gasteiger partial charge in [-0.25, -0.2) is 4.68 Å². The number of aromatic nitrogens is 3. The minimum atomic E-state index is -0.596. The average molecular weight is 320 g/mol. The van der Waals surface area contributed by atoms with Gasteiger partial charge in [-0.1, -0.05) is 37.3 Å². The third kappa shape index (κ3) is 4.10. The largest absolute Gasteiger partial charge is 0.387 e. The van der Waals surface area contributed by atoms with Gasteiger partial charge in [0.1, 0.15) is 5.69 Å². The van der Waals surface area contributed by atoms with Crippen molar-refractivity contribution in [1.29, 1.82) is 0 Å². The normalized spacial score (nSPS) is 21.2. The molecule has 1 N–H and O–H groups in total. The van der Waals surface area contributed by atoms with Crippen LogP contribution in [-0.2, 0) is 4.79 Å². The van der Waals surface area contributed by atoms with Crippen LogP contribution < -0.4 is 0 Å². The molecule has 0 spiro atoms. The molecule has 23 heavy (non-hydrogen) atoms. The molecule has 1 aromatic heterocycles. The number of likely N-dealkylation sites (tertiary alicyclic amines) is 1. The molecule has 6 nitrogen and oxygen atoms in total. The molecule has 1 aliphatic heterocycles. The van der Waals surface area contributed by atoms with Crippen molar-refractivity contribution >= 4 is 5.91 Å². The van der Waals surface area contributed by atoms with Crippen LogP contribution in [0.15, 0.2) is 6.20 Å². The second-order valence-electron chi connectivity index (χ2n) is 7.15. The third-order valence-corrected chi connectivity index (χ3v) is 5.27. The van der Waals surface area contributed by atoms with Crippen molar-refractivity contribution in [3.8, 4) is 0 Å². The summed E-state index contributed by atoms with van der Waals surface area (Å²) in [6.07, 6.45) is 11.0. The first kappa shape index (κ1) is 16.4. The number of amides is 1. The van der Waals surface area contributed by atoms with E-state index in [1.807, 2.05) is 4.90 Å². The number of rotatable bonds is 6. The number of aliphatic hydroxyl groups excluding tert-OH is 1. The Hall–Kier alpha value is -1.43. The first-order chi connectivity index (χ1) is 11.1. The van der Waals surface area contributed by atoms with Crippen LogP contribution in [0.1, 0.15) is 76.1 Å². The number of hydrogen-bond acceptors (Lipinski definition) is 4. The van der Waals surface area contributed by atoms with Gasteiger partial charge in [0.05, 0.1) is 18.3 Å². The van der Waals surface area contributed by atoms with Crippen LogP contribution in [0, 0.1) is 5.92 Å². The Kier molecular flexibility index (Phi) is 5.30. The second kappa shape index (κ2) is 7.43. The molecule has 3 rings (SSSR count). The van der Waals surface area contributed by atoms with Gasteiger partial charge >= 0.3 is 0 Å². The molecule has 1 aromatic rings. The lowest BCUT2D eigenvalue weighted by molar-refractivity contribution is -0.137. The van der Waals surface area contributed by atoms with Crippen molar-refractivity contribution in [2.24, 2.45) is 5.92 Å². The summed E-state index contributed by atoms with van der Waals surface area (Å²) in [5.74, 6) is 1.13. The molecular weight excluding hydrogens is 292 g/mol. The van der Waals surface area contributed by atoms with E-state index in [-0.39, 0.29) is 11.9 Å². The summed E-state index contributed by atoms with van der Waals surface area (Å²) in [5.41, 5.74) is 0.585. The topological polar surface area (TPSA) is 71.2 Å². The number of carbonyl (C=O) groups excluding carboxylic acids is 1. The van der Waals surface area contributed by atoms with Crippen molar-refractivity contribution < 1.29 is 9.90 Å². The van der Waals surface area contributed by atoms with Crippen LogP contribution in [-0.4, -0.2) is 44.0 Å². The van der Waals surface area contributed by atoms with Crippen molar-refractivity contribution in [3.05, 3.63) is 11.9 Å². The molecule has 2 aliphatic rings. The average Bonchev–Trinajstić information content (AvgIpc) is 2.96. The van der Waals surface area contributed by atoms with Gasteiger partial charge in [0, 0.05) is 19.5 Å². The number of aliphatic hydroxyl groups is 1. The molecule has 6 heteroatoms. The molecule has 1 atom stereocenters. The van der Waals surface area contributed by atoms with Gasteiger partial charge in [0.25, 0.3) is 0 Å². The fourth-order valence-electron chi connectivity index (χ4n) is 3.66. The summed E-state index contributed by atoms with van der Waals surface area (Å²) in [6, 6.07) is 0.206. The van der Waals surface area contributed by atoms with E-state index in [9.17, 15) is 9.90 Å². The lowest BCUT2D eigenvalue weighted by atomic mass is 9.86. The van der Waals surface area contributed by atoms with E-state index in [2.05, 4.69) is 10.3 Å². The molecule has 2 fully saturated rings. The van der Waals surface area contributed by atoms with Gasteiger partial charge in [-0.2, -0.15) is 0 Å². The highest BCUT2D eigenvalue weighted by molar-refractivity contribution is 5.77. The minimum Gasteiger partial charge on any atom is -0.387 e. The monoisotopic (exact) mass is 320 g/mol. The Morgan fingerprint density at radius 2 is 2.09 bits per heavy atom. The lowest BCUT2D eigenvalue weighted by Gasteiger charge is -2.39. The van der Waals surface area contributed by atoms with Gasteiger partial charge in [0.15, 0.2) is 0 Å². The van der Waals surface area contributed by atoms with E-state index in [4.69, 9.17) is 0 Å². The zero-order valence-electron chi connectivity index (χ0n) is 14.0. The van der Waals surface area contributed by atoms with Crippen LogP contribution in [0.25, 0.3) is 0 Å². The smallest absolute Gasteiger partial charge is 0.222 e. The molecule has 1 aliphatic carbocycles. The first-order valence-corrected chi connectivity index (χ1v) is 9.01. The van der Waals surface area contributed by atoms with Gasteiger partial charge in [-0.15, -0.1) is 5.10 Å². The van der Waals surface area contributed by atoms with Gasteiger partial charge in [-0.05, 0) is 25.7 Å². The van der Waals surface area contributed by atoms with Crippen molar-refractivity contribution in [2.75, 3.05) is 13.1 Å². The quantitative estimate of drug-likeness (QED) is 0.874. The molecule has 2 heterocycles. The summed E-state index contributed by atoms with van der Waals surface area (Å²) < 4.78 is 1.77. The highest BCUT2D eigenvalue weighted by Crippen LogP contribution is 2.28. The Morgan fingerprint density at radius 1 is 1.35 bits per heavy atom. The van der Waals surface area contributed by atoms with Crippen LogP contribution in [0.3, 0.4) is 0 Å². The van der Waals surface area contributed by atoms with Crippen molar-refractivity contribution in [2.45, 2.75) is 70.4 Å². The molecule has 1 amide bonds. The Bertz CT molecular complexity index is 516. The number of carbonyl (C=O) groups is 1. The minimum absolute atomic E-state index is 0.206. The molecule has 1 saturated carbocycles. The molecule has 0 aromatic carbocycles. The Labute approximate surface area is 137 Å². The lowest BCUT2D eigenvalue weighted by Crippen LogP contribution is -2.50. The van der Waals surface area contributed by atoms with Crippen LogP contribution >= 0.6 is 0 Å².